The van der Waals surface area contributed by atoms with Crippen LogP contribution in [-0.4, -0.2) is 18.3 Å². The van der Waals surface area contributed by atoms with Crippen molar-refractivity contribution in [2.24, 2.45) is 5.92 Å². The summed E-state index contributed by atoms with van der Waals surface area (Å²) in [5, 5.41) is 10.3. The average molecular weight is 274 g/mol. The van der Waals surface area contributed by atoms with E-state index >= 15 is 0 Å². The Hall–Kier alpha value is -1.07. The van der Waals surface area contributed by atoms with Gasteiger partial charge in [-0.1, -0.05) is 6.07 Å². The fourth-order valence-electron chi connectivity index (χ4n) is 2.45. The Morgan fingerprint density at radius 2 is 2.11 bits per heavy atom. The molecule has 19 heavy (non-hydrogen) atoms. The standard InChI is InChI=1S/C14H17F3O2/c1-9-7-11(14(15,16)17)4-5-12(9)13(18)10-3-2-6-19-8-10/h4-5,7,10,13,18H,2-3,6,8H2,1H3. The molecule has 1 fully saturated rings. The van der Waals surface area contributed by atoms with E-state index in [1.54, 1.807) is 6.92 Å². The van der Waals surface area contributed by atoms with E-state index in [-0.39, 0.29) is 5.92 Å². The highest BCUT2D eigenvalue weighted by Gasteiger charge is 2.32. The number of rotatable bonds is 2. The molecule has 0 amide bonds. The first-order valence-corrected chi connectivity index (χ1v) is 6.33. The highest BCUT2D eigenvalue weighted by molar-refractivity contribution is 5.34. The van der Waals surface area contributed by atoms with Gasteiger partial charge in [0.25, 0.3) is 0 Å². The van der Waals surface area contributed by atoms with Gasteiger partial charge in [-0.2, -0.15) is 13.2 Å². The molecule has 1 aliphatic heterocycles. The molecule has 2 nitrogen and oxygen atoms in total. The molecule has 2 unspecified atom stereocenters. The van der Waals surface area contributed by atoms with Crippen LogP contribution in [0.3, 0.4) is 0 Å². The van der Waals surface area contributed by atoms with E-state index in [4.69, 9.17) is 4.74 Å². The highest BCUT2D eigenvalue weighted by atomic mass is 19.4. The van der Waals surface area contributed by atoms with Gasteiger partial charge in [0.15, 0.2) is 0 Å². The number of aliphatic hydroxyl groups excluding tert-OH is 1. The monoisotopic (exact) mass is 274 g/mol. The van der Waals surface area contributed by atoms with Gasteiger partial charge in [0.05, 0.1) is 18.3 Å². The van der Waals surface area contributed by atoms with Crippen molar-refractivity contribution < 1.29 is 23.0 Å². The van der Waals surface area contributed by atoms with Crippen molar-refractivity contribution in [1.82, 2.24) is 0 Å². The first-order valence-electron chi connectivity index (χ1n) is 6.33. The van der Waals surface area contributed by atoms with Crippen molar-refractivity contribution in [2.45, 2.75) is 32.0 Å². The predicted octanol–water partition coefficient (Wildman–Crippen LogP) is 3.47. The van der Waals surface area contributed by atoms with Gasteiger partial charge in [-0.3, -0.25) is 0 Å². The van der Waals surface area contributed by atoms with Gasteiger partial charge in [-0.15, -0.1) is 0 Å². The van der Waals surface area contributed by atoms with Gasteiger partial charge in [-0.05, 0) is 43.0 Å². The lowest BCUT2D eigenvalue weighted by Crippen LogP contribution is -2.24. The lowest BCUT2D eigenvalue weighted by Gasteiger charge is -2.28. The minimum absolute atomic E-state index is 0.0378. The number of alkyl halides is 3. The van der Waals surface area contributed by atoms with Crippen LogP contribution in [0.15, 0.2) is 18.2 Å². The van der Waals surface area contributed by atoms with E-state index in [1.165, 1.54) is 6.07 Å². The van der Waals surface area contributed by atoms with Crippen LogP contribution in [-0.2, 0) is 10.9 Å². The second-order valence-electron chi connectivity index (χ2n) is 4.99. The van der Waals surface area contributed by atoms with E-state index in [0.29, 0.717) is 24.3 Å². The van der Waals surface area contributed by atoms with Gasteiger partial charge in [0.2, 0.25) is 0 Å². The lowest BCUT2D eigenvalue weighted by molar-refractivity contribution is -0.137. The summed E-state index contributed by atoms with van der Waals surface area (Å²) in [6.45, 7) is 2.74. The Kier molecular flexibility index (Phi) is 4.16. The third-order valence-electron chi connectivity index (χ3n) is 3.56. The summed E-state index contributed by atoms with van der Waals surface area (Å²) in [6, 6.07) is 3.48. The van der Waals surface area contributed by atoms with Gasteiger partial charge >= 0.3 is 6.18 Å². The van der Waals surface area contributed by atoms with Gasteiger partial charge in [0.1, 0.15) is 0 Å². The molecule has 2 rings (SSSR count). The van der Waals surface area contributed by atoms with Crippen molar-refractivity contribution in [1.29, 1.82) is 0 Å². The zero-order valence-corrected chi connectivity index (χ0v) is 10.7. The normalized spacial score (nSPS) is 22.3. The molecule has 2 atom stereocenters. The Balaban J connectivity index is 2.20. The third-order valence-corrected chi connectivity index (χ3v) is 3.56. The van der Waals surface area contributed by atoms with Crippen molar-refractivity contribution >= 4 is 0 Å². The van der Waals surface area contributed by atoms with Crippen LogP contribution in [0.25, 0.3) is 0 Å². The van der Waals surface area contributed by atoms with Crippen LogP contribution in [0.2, 0.25) is 0 Å². The maximum atomic E-state index is 12.6. The molecule has 0 bridgehead atoms. The van der Waals surface area contributed by atoms with E-state index in [1.807, 2.05) is 0 Å². The number of aliphatic hydroxyl groups is 1. The van der Waals surface area contributed by atoms with E-state index in [0.717, 1.165) is 25.0 Å². The molecule has 0 saturated carbocycles. The van der Waals surface area contributed by atoms with E-state index < -0.39 is 17.8 Å². The second kappa shape index (κ2) is 5.51. The number of benzene rings is 1. The van der Waals surface area contributed by atoms with Crippen LogP contribution in [0.1, 0.15) is 35.6 Å². The summed E-state index contributed by atoms with van der Waals surface area (Å²) in [5.74, 6) is -0.0378. The Labute approximate surface area is 110 Å². The van der Waals surface area contributed by atoms with Crippen molar-refractivity contribution in [2.75, 3.05) is 13.2 Å². The molecule has 1 N–H and O–H groups in total. The van der Waals surface area contributed by atoms with Gasteiger partial charge in [0, 0.05) is 12.5 Å². The zero-order chi connectivity index (χ0) is 14.0. The quantitative estimate of drug-likeness (QED) is 0.894. The van der Waals surface area contributed by atoms with Crippen molar-refractivity contribution in [3.8, 4) is 0 Å². The van der Waals surface area contributed by atoms with E-state index in [9.17, 15) is 18.3 Å². The molecule has 0 spiro atoms. The molecule has 0 aromatic heterocycles. The SMILES string of the molecule is Cc1cc(C(F)(F)F)ccc1C(O)C1CCCOC1. The lowest BCUT2D eigenvalue weighted by atomic mass is 9.88. The number of ether oxygens (including phenoxy) is 1. The maximum absolute atomic E-state index is 12.6. The summed E-state index contributed by atoms with van der Waals surface area (Å²) >= 11 is 0. The number of halogens is 3. The first kappa shape index (κ1) is 14.3. The largest absolute Gasteiger partial charge is 0.416 e. The van der Waals surface area contributed by atoms with Crippen LogP contribution < -0.4 is 0 Å². The highest BCUT2D eigenvalue weighted by Crippen LogP contribution is 2.34. The van der Waals surface area contributed by atoms with Gasteiger partial charge in [-0.25, -0.2) is 0 Å². The summed E-state index contributed by atoms with van der Waals surface area (Å²) in [7, 11) is 0. The molecule has 1 aliphatic rings. The molecular weight excluding hydrogens is 257 g/mol. The molecule has 1 heterocycles. The van der Waals surface area contributed by atoms with E-state index in [2.05, 4.69) is 0 Å². The molecule has 0 aliphatic carbocycles. The zero-order valence-electron chi connectivity index (χ0n) is 10.7. The van der Waals surface area contributed by atoms with Gasteiger partial charge < -0.3 is 9.84 Å². The minimum Gasteiger partial charge on any atom is -0.388 e. The molecule has 1 aromatic carbocycles. The fraction of sp³-hybridized carbons (Fsp3) is 0.571. The smallest absolute Gasteiger partial charge is 0.388 e. The van der Waals surface area contributed by atoms with Crippen LogP contribution in [0.5, 0.6) is 0 Å². The average Bonchev–Trinajstić information content (AvgIpc) is 2.38. The molecule has 1 saturated heterocycles. The third kappa shape index (κ3) is 3.28. The predicted molar refractivity (Wildman–Crippen MR) is 64.7 cm³/mol. The minimum atomic E-state index is -4.35. The summed E-state index contributed by atoms with van der Waals surface area (Å²) in [4.78, 5) is 0. The van der Waals surface area contributed by atoms with Crippen molar-refractivity contribution in [3.05, 3.63) is 34.9 Å². The van der Waals surface area contributed by atoms with Crippen LogP contribution >= 0.6 is 0 Å². The fourth-order valence-corrected chi connectivity index (χ4v) is 2.45. The van der Waals surface area contributed by atoms with Crippen LogP contribution in [0, 0.1) is 12.8 Å². The maximum Gasteiger partial charge on any atom is 0.416 e. The Morgan fingerprint density at radius 1 is 1.37 bits per heavy atom. The molecule has 5 heteroatoms. The molecule has 0 radical (unpaired) electrons. The summed E-state index contributed by atoms with van der Waals surface area (Å²) < 4.78 is 43.0. The van der Waals surface area contributed by atoms with Crippen LogP contribution in [0.4, 0.5) is 13.2 Å². The Morgan fingerprint density at radius 3 is 2.63 bits per heavy atom. The summed E-state index contributed by atoms with van der Waals surface area (Å²) in [6.07, 6.45) is -3.40. The number of hydrogen-bond donors (Lipinski definition) is 1. The molecular formula is C14H17F3O2. The molecule has 106 valence electrons. The number of hydrogen-bond acceptors (Lipinski definition) is 2. The Bertz CT molecular complexity index is 437. The summed E-state index contributed by atoms with van der Waals surface area (Å²) in [5.41, 5.74) is 0.345. The number of aryl methyl sites for hydroxylation is 1. The molecule has 1 aromatic rings. The second-order valence-corrected chi connectivity index (χ2v) is 4.99. The van der Waals surface area contributed by atoms with Crippen molar-refractivity contribution in [3.63, 3.8) is 0 Å². The first-order chi connectivity index (χ1) is 8.89. The topological polar surface area (TPSA) is 29.5 Å².